The maximum Gasteiger partial charge on any atom is 0.240 e. The first-order valence-corrected chi connectivity index (χ1v) is 8.12. The highest BCUT2D eigenvalue weighted by molar-refractivity contribution is 7.89. The van der Waals surface area contributed by atoms with Crippen LogP contribution in [0.3, 0.4) is 0 Å². The summed E-state index contributed by atoms with van der Waals surface area (Å²) in [7, 11) is -3.68. The third kappa shape index (κ3) is 2.98. The van der Waals surface area contributed by atoms with Gasteiger partial charge in [0.15, 0.2) is 0 Å². The third-order valence-electron chi connectivity index (χ3n) is 3.32. The van der Waals surface area contributed by atoms with Gasteiger partial charge in [0.1, 0.15) is 5.82 Å². The van der Waals surface area contributed by atoms with Crippen LogP contribution in [0.15, 0.2) is 65.7 Å². The number of para-hydroxylation sites is 1. The zero-order valence-corrected chi connectivity index (χ0v) is 12.3. The monoisotopic (exact) mass is 316 g/mol. The van der Waals surface area contributed by atoms with Gasteiger partial charge in [0.2, 0.25) is 10.0 Å². The smallest absolute Gasteiger partial charge is 0.240 e. The number of hydrogen-bond acceptors (Lipinski definition) is 3. The number of pyridine rings is 1. The number of aromatic nitrogens is 1. The molecule has 2 aromatic carbocycles. The number of benzene rings is 2. The van der Waals surface area contributed by atoms with Gasteiger partial charge in [-0.2, -0.15) is 0 Å². The topological polar surface area (TPSA) is 59.1 Å². The highest BCUT2D eigenvalue weighted by atomic mass is 32.2. The number of fused-ring (bicyclic) bond motifs is 1. The van der Waals surface area contributed by atoms with Crippen LogP contribution < -0.4 is 4.72 Å². The summed E-state index contributed by atoms with van der Waals surface area (Å²) < 4.78 is 39.8. The number of nitrogens with one attached hydrogen (secondary N) is 1. The van der Waals surface area contributed by atoms with Gasteiger partial charge < -0.3 is 0 Å². The minimum absolute atomic E-state index is 0.0345. The van der Waals surface area contributed by atoms with Crippen molar-refractivity contribution in [2.45, 2.75) is 11.4 Å². The lowest BCUT2D eigenvalue weighted by Crippen LogP contribution is -2.23. The summed E-state index contributed by atoms with van der Waals surface area (Å²) in [6.07, 6.45) is 1.64. The van der Waals surface area contributed by atoms with Crippen LogP contribution in [0.25, 0.3) is 10.9 Å². The zero-order chi connectivity index (χ0) is 15.6. The highest BCUT2D eigenvalue weighted by Crippen LogP contribution is 2.17. The van der Waals surface area contributed by atoms with Gasteiger partial charge in [-0.1, -0.05) is 18.2 Å². The minimum atomic E-state index is -3.68. The molecular weight excluding hydrogens is 303 g/mol. The molecule has 0 saturated carbocycles. The molecule has 0 bridgehead atoms. The van der Waals surface area contributed by atoms with Crippen molar-refractivity contribution in [3.63, 3.8) is 0 Å². The van der Waals surface area contributed by atoms with Crippen LogP contribution >= 0.6 is 0 Å². The molecular formula is C16H13FN2O2S. The predicted octanol–water partition coefficient (Wildman–Crippen LogP) is 2.85. The molecule has 0 aliphatic rings. The van der Waals surface area contributed by atoms with Crippen LogP contribution in [0.2, 0.25) is 0 Å². The molecule has 0 aliphatic carbocycles. The Morgan fingerprint density at radius 3 is 2.50 bits per heavy atom. The summed E-state index contributed by atoms with van der Waals surface area (Å²) in [5.41, 5.74) is 1.64. The largest absolute Gasteiger partial charge is 0.256 e. The minimum Gasteiger partial charge on any atom is -0.256 e. The molecule has 1 aromatic heterocycles. The lowest BCUT2D eigenvalue weighted by Gasteiger charge is -2.09. The number of hydrogen-bond donors (Lipinski definition) is 1. The van der Waals surface area contributed by atoms with Crippen molar-refractivity contribution in [2.75, 3.05) is 0 Å². The molecule has 0 amide bonds. The summed E-state index contributed by atoms with van der Waals surface area (Å²) in [4.78, 5) is 4.27. The summed E-state index contributed by atoms with van der Waals surface area (Å²) >= 11 is 0. The molecule has 0 atom stereocenters. The molecule has 0 saturated heterocycles. The predicted molar refractivity (Wildman–Crippen MR) is 82.2 cm³/mol. The second-order valence-corrected chi connectivity index (χ2v) is 6.53. The van der Waals surface area contributed by atoms with Crippen LogP contribution in [0.1, 0.15) is 5.56 Å². The van der Waals surface area contributed by atoms with Crippen molar-refractivity contribution in [3.05, 3.63) is 72.2 Å². The fourth-order valence-corrected chi connectivity index (χ4v) is 3.19. The first-order valence-electron chi connectivity index (χ1n) is 6.64. The number of sulfonamides is 1. The van der Waals surface area contributed by atoms with E-state index >= 15 is 0 Å². The Labute approximate surface area is 127 Å². The number of rotatable bonds is 4. The van der Waals surface area contributed by atoms with Crippen molar-refractivity contribution in [1.29, 1.82) is 0 Å². The fraction of sp³-hybridized carbons (Fsp3) is 0.0625. The normalized spacial score (nSPS) is 11.7. The first-order chi connectivity index (χ1) is 10.6. The molecule has 1 N–H and O–H groups in total. The molecule has 0 aliphatic heterocycles. The summed E-state index contributed by atoms with van der Waals surface area (Å²) in [6.45, 7) is 0.142. The van der Waals surface area contributed by atoms with Crippen LogP contribution in [0.5, 0.6) is 0 Å². The van der Waals surface area contributed by atoms with E-state index in [1.807, 2.05) is 24.3 Å². The Kier molecular flexibility index (Phi) is 3.87. The third-order valence-corrected chi connectivity index (χ3v) is 4.73. The standard InChI is InChI=1S/C16H13FN2O2S/c17-13-5-7-14(8-6-13)22(20,21)19-11-12-9-10-18-16-4-2-1-3-15(12)16/h1-10,19H,11H2. The van der Waals surface area contributed by atoms with E-state index < -0.39 is 15.8 Å². The fourth-order valence-electron chi connectivity index (χ4n) is 2.18. The van der Waals surface area contributed by atoms with Crippen molar-refractivity contribution in [2.24, 2.45) is 0 Å². The second kappa shape index (κ2) is 5.82. The molecule has 6 heteroatoms. The van der Waals surface area contributed by atoms with Crippen LogP contribution in [0.4, 0.5) is 4.39 Å². The SMILES string of the molecule is O=S(=O)(NCc1ccnc2ccccc12)c1ccc(F)cc1. The average Bonchev–Trinajstić information content (AvgIpc) is 2.53. The molecule has 0 radical (unpaired) electrons. The quantitative estimate of drug-likeness (QED) is 0.805. The molecule has 0 spiro atoms. The molecule has 0 fully saturated rings. The van der Waals surface area contributed by atoms with Crippen molar-refractivity contribution in [3.8, 4) is 0 Å². The Bertz CT molecular complexity index is 904. The second-order valence-electron chi connectivity index (χ2n) is 4.77. The molecule has 0 unspecified atom stereocenters. The summed E-state index contributed by atoms with van der Waals surface area (Å²) in [5.74, 6) is -0.473. The maximum atomic E-state index is 12.9. The summed E-state index contributed by atoms with van der Waals surface area (Å²) in [5, 5.41) is 0.895. The number of nitrogens with zero attached hydrogens (tertiary/aromatic N) is 1. The van der Waals surface area contributed by atoms with Gasteiger partial charge in [-0.3, -0.25) is 4.98 Å². The van der Waals surface area contributed by atoms with Crippen LogP contribution in [-0.4, -0.2) is 13.4 Å². The van der Waals surface area contributed by atoms with Crippen LogP contribution in [0, 0.1) is 5.82 Å². The average molecular weight is 316 g/mol. The molecule has 4 nitrogen and oxygen atoms in total. The maximum absolute atomic E-state index is 12.9. The Morgan fingerprint density at radius 2 is 1.73 bits per heavy atom. The van der Waals surface area contributed by atoms with Gasteiger partial charge in [0.25, 0.3) is 0 Å². The van der Waals surface area contributed by atoms with Gasteiger partial charge in [0, 0.05) is 18.1 Å². The van der Waals surface area contributed by atoms with Crippen molar-refractivity contribution >= 4 is 20.9 Å². The van der Waals surface area contributed by atoms with E-state index in [0.29, 0.717) is 0 Å². The van der Waals surface area contributed by atoms with E-state index in [9.17, 15) is 12.8 Å². The van der Waals surface area contributed by atoms with E-state index in [-0.39, 0.29) is 11.4 Å². The van der Waals surface area contributed by atoms with Gasteiger partial charge >= 0.3 is 0 Å². The Morgan fingerprint density at radius 1 is 1.00 bits per heavy atom. The van der Waals surface area contributed by atoms with E-state index in [0.717, 1.165) is 28.6 Å². The number of halogens is 1. The highest BCUT2D eigenvalue weighted by Gasteiger charge is 2.14. The zero-order valence-electron chi connectivity index (χ0n) is 11.5. The lowest BCUT2D eigenvalue weighted by atomic mass is 10.1. The molecule has 112 valence electrons. The van der Waals surface area contributed by atoms with Gasteiger partial charge in [0.05, 0.1) is 10.4 Å². The van der Waals surface area contributed by atoms with E-state index in [4.69, 9.17) is 0 Å². The molecule has 3 aromatic rings. The van der Waals surface area contributed by atoms with Crippen molar-refractivity contribution < 1.29 is 12.8 Å². The lowest BCUT2D eigenvalue weighted by molar-refractivity contribution is 0.580. The van der Waals surface area contributed by atoms with Crippen molar-refractivity contribution in [1.82, 2.24) is 9.71 Å². The first kappa shape index (κ1) is 14.6. The van der Waals surface area contributed by atoms with Gasteiger partial charge in [-0.15, -0.1) is 0 Å². The van der Waals surface area contributed by atoms with Gasteiger partial charge in [-0.05, 0) is 42.0 Å². The molecule has 22 heavy (non-hydrogen) atoms. The molecule has 3 rings (SSSR count). The molecule has 1 heterocycles. The summed E-state index contributed by atoms with van der Waals surface area (Å²) in [6, 6.07) is 14.0. The van der Waals surface area contributed by atoms with Gasteiger partial charge in [-0.25, -0.2) is 17.5 Å². The Hall–Kier alpha value is -2.31. The van der Waals surface area contributed by atoms with E-state index in [1.54, 1.807) is 12.3 Å². The Balaban J connectivity index is 1.86. The van der Waals surface area contributed by atoms with Crippen LogP contribution in [-0.2, 0) is 16.6 Å². The van der Waals surface area contributed by atoms with E-state index in [2.05, 4.69) is 9.71 Å². The van der Waals surface area contributed by atoms with E-state index in [1.165, 1.54) is 12.1 Å².